The minimum atomic E-state index is 0.0528. The van der Waals surface area contributed by atoms with Crippen molar-refractivity contribution in [1.82, 2.24) is 20.1 Å². The summed E-state index contributed by atoms with van der Waals surface area (Å²) in [5.41, 5.74) is 2.16. The summed E-state index contributed by atoms with van der Waals surface area (Å²) in [5.74, 6) is 0.825. The van der Waals surface area contributed by atoms with Crippen LogP contribution in [0.5, 0.6) is 0 Å². The van der Waals surface area contributed by atoms with Gasteiger partial charge in [-0.05, 0) is 38.0 Å². The lowest BCUT2D eigenvalue weighted by atomic mass is 10.1. The van der Waals surface area contributed by atoms with Crippen LogP contribution in [0.2, 0.25) is 0 Å². The Kier molecular flexibility index (Phi) is 6.10. The van der Waals surface area contributed by atoms with Crippen LogP contribution < -0.4 is 5.32 Å². The quantitative estimate of drug-likeness (QED) is 0.761. The molecule has 0 saturated heterocycles. The molecule has 6 heteroatoms. The number of carbonyl (C=O) groups excluding carboxylic acids is 1. The molecule has 23 heavy (non-hydrogen) atoms. The standard InChI is InChI=1S/C17H24N4OS/c1-4-14(5-2)18-15(22)9-10-21-16(19-20-17(21)23)13-8-6-7-12(3)11-13/h6-8,11,14H,4-5,9-10H2,1-3H3,(H,18,22)(H,20,23). The number of H-pyrrole nitrogens is 1. The van der Waals surface area contributed by atoms with Crippen LogP contribution in [-0.4, -0.2) is 26.7 Å². The molecule has 2 rings (SSSR count). The Bertz CT molecular complexity index is 715. The molecule has 0 aliphatic heterocycles. The van der Waals surface area contributed by atoms with Crippen LogP contribution in [0.15, 0.2) is 24.3 Å². The van der Waals surface area contributed by atoms with Crippen molar-refractivity contribution in [2.75, 3.05) is 0 Å². The number of aryl methyl sites for hydroxylation is 1. The molecule has 1 heterocycles. The molecule has 0 saturated carbocycles. The van der Waals surface area contributed by atoms with Gasteiger partial charge in [0.1, 0.15) is 0 Å². The maximum Gasteiger partial charge on any atom is 0.222 e. The highest BCUT2D eigenvalue weighted by atomic mass is 32.1. The molecule has 0 atom stereocenters. The first kappa shape index (κ1) is 17.4. The highest BCUT2D eigenvalue weighted by Gasteiger charge is 2.12. The van der Waals surface area contributed by atoms with E-state index < -0.39 is 0 Å². The minimum absolute atomic E-state index is 0.0528. The molecule has 1 aromatic heterocycles. The summed E-state index contributed by atoms with van der Waals surface area (Å²) in [6.45, 7) is 6.72. The molecule has 0 radical (unpaired) electrons. The molecule has 0 spiro atoms. The number of hydrogen-bond acceptors (Lipinski definition) is 3. The fraction of sp³-hybridized carbons (Fsp3) is 0.471. The van der Waals surface area contributed by atoms with E-state index in [9.17, 15) is 4.79 Å². The molecule has 0 unspecified atom stereocenters. The highest BCUT2D eigenvalue weighted by molar-refractivity contribution is 7.71. The van der Waals surface area contributed by atoms with Gasteiger partial charge in [-0.2, -0.15) is 5.10 Å². The zero-order chi connectivity index (χ0) is 16.8. The molecule has 0 fully saturated rings. The van der Waals surface area contributed by atoms with Crippen LogP contribution in [0.4, 0.5) is 0 Å². The van der Waals surface area contributed by atoms with Gasteiger partial charge in [-0.15, -0.1) is 0 Å². The second-order valence-electron chi connectivity index (χ2n) is 5.70. The van der Waals surface area contributed by atoms with E-state index in [0.717, 1.165) is 29.8 Å². The van der Waals surface area contributed by atoms with Crippen molar-refractivity contribution >= 4 is 18.1 Å². The second kappa shape index (κ2) is 8.06. The van der Waals surface area contributed by atoms with Gasteiger partial charge in [0, 0.05) is 24.6 Å². The van der Waals surface area contributed by atoms with E-state index in [0.29, 0.717) is 17.7 Å². The van der Waals surface area contributed by atoms with E-state index in [1.54, 1.807) is 0 Å². The SMILES string of the molecule is CCC(CC)NC(=O)CCn1c(-c2cccc(C)c2)n[nH]c1=S. The number of amides is 1. The summed E-state index contributed by atoms with van der Waals surface area (Å²) in [4.78, 5) is 12.1. The lowest BCUT2D eigenvalue weighted by Crippen LogP contribution is -2.34. The molecular formula is C17H24N4OS. The summed E-state index contributed by atoms with van der Waals surface area (Å²) < 4.78 is 2.42. The van der Waals surface area contributed by atoms with Crippen LogP contribution in [0.1, 0.15) is 38.7 Å². The molecular weight excluding hydrogens is 308 g/mol. The van der Waals surface area contributed by atoms with Crippen molar-refractivity contribution in [2.45, 2.75) is 52.6 Å². The van der Waals surface area contributed by atoms with E-state index in [1.807, 2.05) is 29.7 Å². The van der Waals surface area contributed by atoms with Gasteiger partial charge in [0.25, 0.3) is 0 Å². The van der Waals surface area contributed by atoms with Crippen molar-refractivity contribution in [3.05, 3.63) is 34.6 Å². The van der Waals surface area contributed by atoms with E-state index in [4.69, 9.17) is 12.2 Å². The number of hydrogen-bond donors (Lipinski definition) is 2. The first-order chi connectivity index (χ1) is 11.0. The van der Waals surface area contributed by atoms with Crippen molar-refractivity contribution in [1.29, 1.82) is 0 Å². The predicted octanol–water partition coefficient (Wildman–Crippen LogP) is 3.61. The molecule has 5 nitrogen and oxygen atoms in total. The Morgan fingerprint density at radius 1 is 1.39 bits per heavy atom. The van der Waals surface area contributed by atoms with Gasteiger partial charge in [-0.1, -0.05) is 37.6 Å². The van der Waals surface area contributed by atoms with Gasteiger partial charge in [-0.25, -0.2) is 0 Å². The molecule has 1 amide bonds. The number of benzene rings is 1. The average Bonchev–Trinajstić information content (AvgIpc) is 2.91. The summed E-state index contributed by atoms with van der Waals surface area (Å²) in [5, 5.41) is 10.2. The van der Waals surface area contributed by atoms with Gasteiger partial charge >= 0.3 is 0 Å². The van der Waals surface area contributed by atoms with Gasteiger partial charge in [0.05, 0.1) is 0 Å². The smallest absolute Gasteiger partial charge is 0.222 e. The first-order valence-electron chi connectivity index (χ1n) is 8.06. The number of rotatable bonds is 7. The molecule has 2 aromatic rings. The van der Waals surface area contributed by atoms with Crippen LogP contribution in [0.25, 0.3) is 11.4 Å². The van der Waals surface area contributed by atoms with E-state index in [-0.39, 0.29) is 11.9 Å². The third-order valence-electron chi connectivity index (χ3n) is 3.95. The van der Waals surface area contributed by atoms with Gasteiger partial charge in [0.2, 0.25) is 5.91 Å². The molecule has 0 aliphatic rings. The molecule has 124 valence electrons. The summed E-state index contributed by atoms with van der Waals surface area (Å²) >= 11 is 5.30. The van der Waals surface area contributed by atoms with Crippen LogP contribution in [0.3, 0.4) is 0 Å². The van der Waals surface area contributed by atoms with Crippen LogP contribution in [-0.2, 0) is 11.3 Å². The van der Waals surface area contributed by atoms with E-state index >= 15 is 0 Å². The fourth-order valence-electron chi connectivity index (χ4n) is 2.54. The first-order valence-corrected chi connectivity index (χ1v) is 8.47. The summed E-state index contributed by atoms with van der Waals surface area (Å²) in [7, 11) is 0. The van der Waals surface area contributed by atoms with Gasteiger partial charge in [-0.3, -0.25) is 14.5 Å². The summed E-state index contributed by atoms with van der Waals surface area (Å²) in [6.07, 6.45) is 2.28. The normalized spacial score (nSPS) is 11.0. The van der Waals surface area contributed by atoms with Crippen LogP contribution in [0, 0.1) is 11.7 Å². The molecule has 0 aliphatic carbocycles. The van der Waals surface area contributed by atoms with Crippen molar-refractivity contribution in [2.24, 2.45) is 0 Å². The van der Waals surface area contributed by atoms with Crippen molar-refractivity contribution < 1.29 is 4.79 Å². The lowest BCUT2D eigenvalue weighted by Gasteiger charge is -2.15. The fourth-order valence-corrected chi connectivity index (χ4v) is 2.76. The third kappa shape index (κ3) is 4.51. The number of nitrogens with one attached hydrogen (secondary N) is 2. The van der Waals surface area contributed by atoms with Gasteiger partial charge in [0.15, 0.2) is 10.6 Å². The Balaban J connectivity index is 2.11. The zero-order valence-corrected chi connectivity index (χ0v) is 14.7. The largest absolute Gasteiger partial charge is 0.353 e. The number of nitrogens with zero attached hydrogens (tertiary/aromatic N) is 2. The maximum absolute atomic E-state index is 12.1. The Morgan fingerprint density at radius 2 is 2.13 bits per heavy atom. The topological polar surface area (TPSA) is 62.7 Å². The lowest BCUT2D eigenvalue weighted by molar-refractivity contribution is -0.122. The Labute approximate surface area is 142 Å². The molecule has 2 N–H and O–H groups in total. The Morgan fingerprint density at radius 3 is 2.78 bits per heavy atom. The van der Waals surface area contributed by atoms with Gasteiger partial charge < -0.3 is 5.32 Å². The molecule has 0 bridgehead atoms. The predicted molar refractivity (Wildman–Crippen MR) is 94.7 cm³/mol. The monoisotopic (exact) mass is 332 g/mol. The zero-order valence-electron chi connectivity index (χ0n) is 13.9. The summed E-state index contributed by atoms with van der Waals surface area (Å²) in [6, 6.07) is 8.34. The number of aromatic amines is 1. The maximum atomic E-state index is 12.1. The van der Waals surface area contributed by atoms with E-state index in [2.05, 4.69) is 35.4 Å². The highest BCUT2D eigenvalue weighted by Crippen LogP contribution is 2.18. The second-order valence-corrected chi connectivity index (χ2v) is 6.09. The minimum Gasteiger partial charge on any atom is -0.353 e. The number of carbonyl (C=O) groups is 1. The number of aromatic nitrogens is 3. The average molecular weight is 332 g/mol. The van der Waals surface area contributed by atoms with E-state index in [1.165, 1.54) is 0 Å². The van der Waals surface area contributed by atoms with Crippen LogP contribution >= 0.6 is 12.2 Å². The molecule has 1 aromatic carbocycles. The van der Waals surface area contributed by atoms with Crippen molar-refractivity contribution in [3.8, 4) is 11.4 Å². The third-order valence-corrected chi connectivity index (χ3v) is 4.26. The van der Waals surface area contributed by atoms with Crippen molar-refractivity contribution in [3.63, 3.8) is 0 Å². The Hall–Kier alpha value is -1.95.